The number of benzene rings is 1. The van der Waals surface area contributed by atoms with E-state index < -0.39 is 5.97 Å². The minimum Gasteiger partial charge on any atom is -0.481 e. The van der Waals surface area contributed by atoms with Crippen LogP contribution in [0.15, 0.2) is 28.7 Å². The van der Waals surface area contributed by atoms with Crippen LogP contribution in [0.25, 0.3) is 10.8 Å². The second kappa shape index (κ2) is 4.71. The van der Waals surface area contributed by atoms with Crippen LogP contribution in [0.2, 0.25) is 0 Å². The Morgan fingerprint density at radius 2 is 2.06 bits per heavy atom. The minimum absolute atomic E-state index is 0.235. The lowest BCUT2D eigenvalue weighted by Gasteiger charge is -2.07. The largest absolute Gasteiger partial charge is 0.481 e. The third kappa shape index (κ3) is 2.24. The number of hydrogen-bond acceptors (Lipinski definition) is 4. The molecule has 5 heteroatoms. The van der Waals surface area contributed by atoms with Crippen molar-refractivity contribution in [2.24, 2.45) is 0 Å². The molecular weight excluding hydrogens is 286 g/mol. The van der Waals surface area contributed by atoms with E-state index in [0.717, 1.165) is 15.2 Å². The zero-order valence-corrected chi connectivity index (χ0v) is 10.9. The average molecular weight is 296 g/mol. The van der Waals surface area contributed by atoms with E-state index in [2.05, 4.69) is 25.7 Å². The maximum atomic E-state index is 11.4. The second-order valence-corrected chi connectivity index (χ2v) is 4.29. The maximum absolute atomic E-state index is 11.4. The molecule has 0 unspecified atom stereocenters. The van der Waals surface area contributed by atoms with Gasteiger partial charge < -0.3 is 9.47 Å². The zero-order valence-electron chi connectivity index (χ0n) is 9.36. The first-order chi connectivity index (χ1) is 8.15. The predicted octanol–water partition coefficient (Wildman–Crippen LogP) is 2.79. The highest BCUT2D eigenvalue weighted by atomic mass is 79.9. The Balaban J connectivity index is 2.70. The lowest BCUT2D eigenvalue weighted by Crippen LogP contribution is -2.05. The van der Waals surface area contributed by atoms with E-state index >= 15 is 0 Å². The second-order valence-electron chi connectivity index (χ2n) is 3.37. The number of carbonyl (C=O) groups is 1. The number of ether oxygens (including phenoxy) is 2. The lowest BCUT2D eigenvalue weighted by molar-refractivity contribution is 0.0593. The van der Waals surface area contributed by atoms with Gasteiger partial charge in [-0.15, -0.1) is 0 Å². The highest BCUT2D eigenvalue weighted by molar-refractivity contribution is 9.10. The molecule has 0 saturated carbocycles. The van der Waals surface area contributed by atoms with Crippen molar-refractivity contribution in [2.45, 2.75) is 0 Å². The fourth-order valence-electron chi connectivity index (χ4n) is 1.55. The number of rotatable bonds is 2. The van der Waals surface area contributed by atoms with Gasteiger partial charge in [0.25, 0.3) is 0 Å². The zero-order chi connectivity index (χ0) is 12.4. The number of nitrogens with zero attached hydrogens (tertiary/aromatic N) is 1. The molecular formula is C12H10BrNO3. The molecule has 0 saturated heterocycles. The number of pyridine rings is 1. The third-order valence-corrected chi connectivity index (χ3v) is 2.84. The van der Waals surface area contributed by atoms with Crippen LogP contribution >= 0.6 is 15.9 Å². The van der Waals surface area contributed by atoms with Crippen molar-refractivity contribution in [3.8, 4) is 5.88 Å². The van der Waals surface area contributed by atoms with Gasteiger partial charge in [0.05, 0.1) is 14.2 Å². The van der Waals surface area contributed by atoms with Crippen molar-refractivity contribution in [2.75, 3.05) is 14.2 Å². The molecule has 0 radical (unpaired) electrons. The van der Waals surface area contributed by atoms with Gasteiger partial charge >= 0.3 is 5.97 Å². The summed E-state index contributed by atoms with van der Waals surface area (Å²) in [6.07, 6.45) is 0. The molecule has 0 aliphatic heterocycles. The SMILES string of the molecule is COC(=O)c1cc2ccc(Br)cc2c(OC)n1. The number of hydrogen-bond donors (Lipinski definition) is 0. The Hall–Kier alpha value is -1.62. The smallest absolute Gasteiger partial charge is 0.356 e. The number of fused-ring (bicyclic) bond motifs is 1. The monoisotopic (exact) mass is 295 g/mol. The quantitative estimate of drug-likeness (QED) is 0.800. The molecule has 88 valence electrons. The summed E-state index contributed by atoms with van der Waals surface area (Å²) >= 11 is 3.38. The van der Waals surface area contributed by atoms with Crippen LogP contribution in [0, 0.1) is 0 Å². The molecule has 0 bridgehead atoms. The molecule has 1 aromatic heterocycles. The maximum Gasteiger partial charge on any atom is 0.356 e. The summed E-state index contributed by atoms with van der Waals surface area (Å²) in [7, 11) is 2.84. The molecule has 0 aliphatic carbocycles. The standard InChI is InChI=1S/C12H10BrNO3/c1-16-11-9-6-8(13)4-3-7(9)5-10(14-11)12(15)17-2/h3-6H,1-2H3. The fourth-order valence-corrected chi connectivity index (χ4v) is 1.91. The van der Waals surface area contributed by atoms with Crippen molar-refractivity contribution >= 4 is 32.7 Å². The van der Waals surface area contributed by atoms with Crippen molar-refractivity contribution in [1.29, 1.82) is 0 Å². The van der Waals surface area contributed by atoms with E-state index in [0.29, 0.717) is 5.88 Å². The van der Waals surface area contributed by atoms with Gasteiger partial charge in [0.1, 0.15) is 0 Å². The average Bonchev–Trinajstić information content (AvgIpc) is 2.36. The van der Waals surface area contributed by atoms with Crippen LogP contribution in [-0.4, -0.2) is 25.2 Å². The number of carbonyl (C=O) groups excluding carboxylic acids is 1. The molecule has 2 aromatic rings. The molecule has 2 rings (SSSR count). The fraction of sp³-hybridized carbons (Fsp3) is 0.167. The van der Waals surface area contributed by atoms with Crippen molar-refractivity contribution in [1.82, 2.24) is 4.98 Å². The van der Waals surface area contributed by atoms with Gasteiger partial charge in [-0.3, -0.25) is 0 Å². The molecule has 17 heavy (non-hydrogen) atoms. The predicted molar refractivity (Wildman–Crippen MR) is 67.3 cm³/mol. The summed E-state index contributed by atoms with van der Waals surface area (Å²) in [5.41, 5.74) is 0.235. The van der Waals surface area contributed by atoms with Gasteiger partial charge in [0, 0.05) is 9.86 Å². The summed E-state index contributed by atoms with van der Waals surface area (Å²) in [5.74, 6) is -0.0719. The van der Waals surface area contributed by atoms with Gasteiger partial charge in [0.15, 0.2) is 5.69 Å². The first-order valence-electron chi connectivity index (χ1n) is 4.88. The molecule has 0 fully saturated rings. The summed E-state index contributed by atoms with van der Waals surface area (Å²) in [5, 5.41) is 1.72. The van der Waals surface area contributed by atoms with Crippen LogP contribution in [0.1, 0.15) is 10.5 Å². The van der Waals surface area contributed by atoms with Gasteiger partial charge in [-0.05, 0) is 23.6 Å². The summed E-state index contributed by atoms with van der Waals surface area (Å²) in [6.45, 7) is 0. The Labute approximate surface area is 107 Å². The topological polar surface area (TPSA) is 48.4 Å². The van der Waals surface area contributed by atoms with E-state index in [4.69, 9.17) is 4.74 Å². The first-order valence-corrected chi connectivity index (χ1v) is 5.67. The van der Waals surface area contributed by atoms with Gasteiger partial charge in [0.2, 0.25) is 5.88 Å². The summed E-state index contributed by atoms with van der Waals surface area (Å²) in [4.78, 5) is 15.6. The highest BCUT2D eigenvalue weighted by Gasteiger charge is 2.12. The summed E-state index contributed by atoms with van der Waals surface area (Å²) in [6, 6.07) is 7.34. The Morgan fingerprint density at radius 3 is 2.71 bits per heavy atom. The minimum atomic E-state index is -0.479. The first kappa shape index (κ1) is 11.9. The Kier molecular flexibility index (Phi) is 3.28. The van der Waals surface area contributed by atoms with Crippen LogP contribution in [0.5, 0.6) is 5.88 Å². The molecule has 1 aromatic carbocycles. The number of aromatic nitrogens is 1. The molecule has 0 spiro atoms. The van der Waals surface area contributed by atoms with Crippen LogP contribution in [-0.2, 0) is 4.74 Å². The molecule has 0 aliphatic rings. The summed E-state index contributed by atoms with van der Waals surface area (Å²) < 4.78 is 10.7. The molecule has 1 heterocycles. The van der Waals surface area contributed by atoms with E-state index in [-0.39, 0.29) is 5.69 Å². The van der Waals surface area contributed by atoms with Gasteiger partial charge in [-0.25, -0.2) is 9.78 Å². The molecule has 0 N–H and O–H groups in total. The molecule has 0 atom stereocenters. The van der Waals surface area contributed by atoms with Gasteiger partial charge in [-0.1, -0.05) is 22.0 Å². The normalized spacial score (nSPS) is 10.3. The number of esters is 1. The van der Waals surface area contributed by atoms with Crippen molar-refractivity contribution < 1.29 is 14.3 Å². The lowest BCUT2D eigenvalue weighted by atomic mass is 10.1. The molecule has 0 amide bonds. The van der Waals surface area contributed by atoms with Crippen LogP contribution < -0.4 is 4.74 Å². The van der Waals surface area contributed by atoms with Crippen molar-refractivity contribution in [3.63, 3.8) is 0 Å². The number of halogens is 1. The van der Waals surface area contributed by atoms with Crippen LogP contribution in [0.4, 0.5) is 0 Å². The Bertz CT molecular complexity index is 583. The van der Waals surface area contributed by atoms with Crippen LogP contribution in [0.3, 0.4) is 0 Å². The van der Waals surface area contributed by atoms with E-state index in [1.165, 1.54) is 14.2 Å². The third-order valence-electron chi connectivity index (χ3n) is 2.35. The van der Waals surface area contributed by atoms with E-state index in [1.807, 2.05) is 18.2 Å². The van der Waals surface area contributed by atoms with E-state index in [1.54, 1.807) is 6.07 Å². The molecule has 4 nitrogen and oxygen atoms in total. The van der Waals surface area contributed by atoms with Gasteiger partial charge in [-0.2, -0.15) is 0 Å². The Morgan fingerprint density at radius 1 is 1.29 bits per heavy atom. The van der Waals surface area contributed by atoms with E-state index in [9.17, 15) is 4.79 Å². The highest BCUT2D eigenvalue weighted by Crippen LogP contribution is 2.27. The number of methoxy groups -OCH3 is 2. The van der Waals surface area contributed by atoms with Crippen molar-refractivity contribution in [3.05, 3.63) is 34.4 Å².